The topological polar surface area (TPSA) is 66.6 Å². The molecule has 108 valence electrons. The molecule has 0 aliphatic carbocycles. The van der Waals surface area contributed by atoms with Gasteiger partial charge in [-0.15, -0.1) is 0 Å². The van der Waals surface area contributed by atoms with Crippen molar-refractivity contribution in [3.8, 4) is 11.8 Å². The Kier molecular flexibility index (Phi) is 5.02. The highest BCUT2D eigenvalue weighted by Crippen LogP contribution is 2.08. The Balaban J connectivity index is 1.84. The maximum Gasteiger partial charge on any atom is 0.276 e. The SMILES string of the molecule is NS(=O)(=O)N1CCN(CC#Cc2ccc(Cl)cc2)CC1. The fourth-order valence-corrected chi connectivity index (χ4v) is 2.73. The molecule has 0 spiro atoms. The molecule has 1 aliphatic heterocycles. The normalized spacial score (nSPS) is 17.5. The molecule has 0 atom stereocenters. The van der Waals surface area contributed by atoms with Crippen molar-refractivity contribution in [1.29, 1.82) is 0 Å². The molecule has 1 heterocycles. The summed E-state index contributed by atoms with van der Waals surface area (Å²) in [5.41, 5.74) is 0.914. The van der Waals surface area contributed by atoms with Crippen molar-refractivity contribution < 1.29 is 8.42 Å². The van der Waals surface area contributed by atoms with Crippen LogP contribution in [0.25, 0.3) is 0 Å². The second-order valence-electron chi connectivity index (χ2n) is 4.53. The first kappa shape index (κ1) is 15.3. The van der Waals surface area contributed by atoms with E-state index < -0.39 is 10.2 Å². The quantitative estimate of drug-likeness (QED) is 0.809. The fraction of sp³-hybridized carbons (Fsp3) is 0.385. The molecule has 1 aliphatic rings. The molecular formula is C13H16ClN3O2S. The lowest BCUT2D eigenvalue weighted by Crippen LogP contribution is -2.50. The van der Waals surface area contributed by atoms with Crippen LogP contribution in [-0.4, -0.2) is 50.3 Å². The minimum absolute atomic E-state index is 0.418. The lowest BCUT2D eigenvalue weighted by atomic mass is 10.2. The Morgan fingerprint density at radius 3 is 2.30 bits per heavy atom. The largest absolute Gasteiger partial charge is 0.290 e. The van der Waals surface area contributed by atoms with Gasteiger partial charge in [-0.25, -0.2) is 5.14 Å². The summed E-state index contributed by atoms with van der Waals surface area (Å²) >= 11 is 5.80. The second-order valence-corrected chi connectivity index (χ2v) is 6.51. The van der Waals surface area contributed by atoms with Gasteiger partial charge in [0.1, 0.15) is 0 Å². The number of nitrogens with two attached hydrogens (primary N) is 1. The van der Waals surface area contributed by atoms with Gasteiger partial charge in [-0.05, 0) is 24.3 Å². The van der Waals surface area contributed by atoms with Crippen LogP contribution in [0, 0.1) is 11.8 Å². The van der Waals surface area contributed by atoms with Crippen molar-refractivity contribution in [1.82, 2.24) is 9.21 Å². The van der Waals surface area contributed by atoms with Gasteiger partial charge in [-0.3, -0.25) is 4.90 Å². The van der Waals surface area contributed by atoms with Crippen molar-refractivity contribution in [2.75, 3.05) is 32.7 Å². The van der Waals surface area contributed by atoms with Crippen LogP contribution >= 0.6 is 11.6 Å². The first-order valence-electron chi connectivity index (χ1n) is 6.20. The van der Waals surface area contributed by atoms with Gasteiger partial charge in [0.25, 0.3) is 10.2 Å². The zero-order chi connectivity index (χ0) is 14.6. The molecule has 7 heteroatoms. The van der Waals surface area contributed by atoms with Crippen molar-refractivity contribution in [3.63, 3.8) is 0 Å². The van der Waals surface area contributed by atoms with Gasteiger partial charge in [0, 0.05) is 36.8 Å². The first-order chi connectivity index (χ1) is 9.45. The third-order valence-corrected chi connectivity index (χ3v) is 4.41. The minimum atomic E-state index is -3.56. The molecule has 0 saturated carbocycles. The van der Waals surface area contributed by atoms with Crippen molar-refractivity contribution >= 4 is 21.8 Å². The molecule has 0 aromatic heterocycles. The highest BCUT2D eigenvalue weighted by molar-refractivity contribution is 7.86. The Labute approximate surface area is 124 Å². The lowest BCUT2D eigenvalue weighted by molar-refractivity contribution is 0.207. The van der Waals surface area contributed by atoms with Crippen LogP contribution in [0.1, 0.15) is 5.56 Å². The number of hydrogen-bond donors (Lipinski definition) is 1. The summed E-state index contributed by atoms with van der Waals surface area (Å²) in [6.07, 6.45) is 0. The monoisotopic (exact) mass is 313 g/mol. The van der Waals surface area contributed by atoms with Gasteiger partial charge in [0.05, 0.1) is 6.54 Å². The number of halogens is 1. The zero-order valence-electron chi connectivity index (χ0n) is 10.9. The van der Waals surface area contributed by atoms with Crippen LogP contribution in [0.2, 0.25) is 5.02 Å². The molecule has 1 aromatic carbocycles. The van der Waals surface area contributed by atoms with E-state index in [1.54, 1.807) is 12.1 Å². The van der Waals surface area contributed by atoms with E-state index in [4.69, 9.17) is 16.7 Å². The van der Waals surface area contributed by atoms with E-state index in [-0.39, 0.29) is 0 Å². The summed E-state index contributed by atoms with van der Waals surface area (Å²) in [4.78, 5) is 2.10. The number of benzene rings is 1. The number of hydrogen-bond acceptors (Lipinski definition) is 3. The van der Waals surface area contributed by atoms with Gasteiger partial charge in [0.15, 0.2) is 0 Å². The Hall–Kier alpha value is -1.10. The zero-order valence-corrected chi connectivity index (χ0v) is 12.5. The molecule has 20 heavy (non-hydrogen) atoms. The Morgan fingerprint density at radius 2 is 1.75 bits per heavy atom. The summed E-state index contributed by atoms with van der Waals surface area (Å²) in [6, 6.07) is 7.34. The van der Waals surface area contributed by atoms with E-state index in [2.05, 4.69) is 16.7 Å². The molecule has 5 nitrogen and oxygen atoms in total. The first-order valence-corrected chi connectivity index (χ1v) is 8.08. The van der Waals surface area contributed by atoms with Gasteiger partial charge >= 0.3 is 0 Å². The molecule has 1 fully saturated rings. The maximum absolute atomic E-state index is 11.2. The Bertz CT molecular complexity index is 611. The molecule has 2 N–H and O–H groups in total. The molecule has 1 saturated heterocycles. The third-order valence-electron chi connectivity index (χ3n) is 3.07. The van der Waals surface area contributed by atoms with E-state index in [0.717, 1.165) is 5.56 Å². The molecule has 1 aromatic rings. The van der Waals surface area contributed by atoms with Crippen LogP contribution in [0.5, 0.6) is 0 Å². The average Bonchev–Trinajstić information content (AvgIpc) is 2.41. The molecular weight excluding hydrogens is 298 g/mol. The van der Waals surface area contributed by atoms with Crippen LogP contribution in [0.4, 0.5) is 0 Å². The van der Waals surface area contributed by atoms with Crippen molar-refractivity contribution in [3.05, 3.63) is 34.9 Å². The number of nitrogens with zero attached hydrogens (tertiary/aromatic N) is 2. The van der Waals surface area contributed by atoms with E-state index in [0.29, 0.717) is 37.7 Å². The fourth-order valence-electron chi connectivity index (χ4n) is 1.93. The number of rotatable bonds is 2. The van der Waals surface area contributed by atoms with E-state index in [9.17, 15) is 8.42 Å². The summed E-state index contributed by atoms with van der Waals surface area (Å²) in [6.45, 7) is 2.74. The minimum Gasteiger partial charge on any atom is -0.290 e. The average molecular weight is 314 g/mol. The maximum atomic E-state index is 11.2. The van der Waals surface area contributed by atoms with Crippen LogP contribution < -0.4 is 5.14 Å². The smallest absolute Gasteiger partial charge is 0.276 e. The van der Waals surface area contributed by atoms with Gasteiger partial charge in [-0.2, -0.15) is 12.7 Å². The predicted octanol–water partition coefficient (Wildman–Crippen LogP) is 0.513. The molecule has 0 unspecified atom stereocenters. The molecule has 0 bridgehead atoms. The molecule has 2 rings (SSSR count). The van der Waals surface area contributed by atoms with Gasteiger partial charge in [-0.1, -0.05) is 23.4 Å². The second kappa shape index (κ2) is 6.57. The van der Waals surface area contributed by atoms with Crippen LogP contribution in [0.15, 0.2) is 24.3 Å². The predicted molar refractivity (Wildman–Crippen MR) is 79.5 cm³/mol. The van der Waals surface area contributed by atoms with Crippen LogP contribution in [0.3, 0.4) is 0 Å². The lowest BCUT2D eigenvalue weighted by Gasteiger charge is -2.31. The van der Waals surface area contributed by atoms with E-state index >= 15 is 0 Å². The highest BCUT2D eigenvalue weighted by atomic mass is 35.5. The highest BCUT2D eigenvalue weighted by Gasteiger charge is 2.23. The summed E-state index contributed by atoms with van der Waals surface area (Å²) in [7, 11) is -3.56. The standard InChI is InChI=1S/C13H16ClN3O2S/c14-13-5-3-12(4-6-13)2-1-7-16-8-10-17(11-9-16)20(15,18)19/h3-6H,7-11H2,(H2,15,18,19). The number of piperazine rings is 1. The van der Waals surface area contributed by atoms with Gasteiger partial charge in [0.2, 0.25) is 0 Å². The Morgan fingerprint density at radius 1 is 1.15 bits per heavy atom. The van der Waals surface area contributed by atoms with Crippen molar-refractivity contribution in [2.45, 2.75) is 0 Å². The molecule has 0 amide bonds. The third kappa shape index (κ3) is 4.47. The van der Waals surface area contributed by atoms with Crippen LogP contribution in [-0.2, 0) is 10.2 Å². The summed E-state index contributed by atoms with van der Waals surface area (Å²) < 4.78 is 23.6. The summed E-state index contributed by atoms with van der Waals surface area (Å²) in [5.74, 6) is 6.13. The van der Waals surface area contributed by atoms with E-state index in [1.165, 1.54) is 4.31 Å². The van der Waals surface area contributed by atoms with Gasteiger partial charge < -0.3 is 0 Å². The van der Waals surface area contributed by atoms with Crippen molar-refractivity contribution in [2.24, 2.45) is 5.14 Å². The van der Waals surface area contributed by atoms with E-state index in [1.807, 2.05) is 12.1 Å². The molecule has 0 radical (unpaired) electrons. The summed E-state index contributed by atoms with van der Waals surface area (Å²) in [5, 5.41) is 5.77.